The van der Waals surface area contributed by atoms with Gasteiger partial charge in [-0.25, -0.2) is 0 Å². The Morgan fingerprint density at radius 3 is 2.52 bits per heavy atom. The first kappa shape index (κ1) is 13.9. The lowest BCUT2D eigenvalue weighted by Crippen LogP contribution is -2.30. The topological polar surface area (TPSA) is 72.6 Å². The highest BCUT2D eigenvalue weighted by molar-refractivity contribution is 5.97. The molecule has 2 N–H and O–H groups in total. The fraction of sp³-hybridized carbons (Fsp3) is 0.500. The number of rotatable bonds is 4. The Balaban J connectivity index is 1.74. The van der Waals surface area contributed by atoms with E-state index in [4.69, 9.17) is 10.5 Å². The number of hydrogen-bond acceptors (Lipinski definition) is 3. The van der Waals surface area contributed by atoms with Gasteiger partial charge in [0.1, 0.15) is 5.75 Å². The van der Waals surface area contributed by atoms with Gasteiger partial charge in [0.25, 0.3) is 11.8 Å². The number of primary amides is 1. The molecule has 0 spiro atoms. The number of ether oxygens (including phenoxy) is 1. The van der Waals surface area contributed by atoms with Crippen LogP contribution >= 0.6 is 0 Å². The summed E-state index contributed by atoms with van der Waals surface area (Å²) in [4.78, 5) is 25.4. The van der Waals surface area contributed by atoms with Gasteiger partial charge in [-0.05, 0) is 36.8 Å². The first-order valence-corrected chi connectivity index (χ1v) is 7.44. The molecule has 2 atom stereocenters. The van der Waals surface area contributed by atoms with Crippen molar-refractivity contribution in [1.82, 2.24) is 4.90 Å². The van der Waals surface area contributed by atoms with Gasteiger partial charge in [-0.15, -0.1) is 0 Å². The summed E-state index contributed by atoms with van der Waals surface area (Å²) >= 11 is 0. The van der Waals surface area contributed by atoms with Crippen molar-refractivity contribution in [3.63, 3.8) is 0 Å². The maximum Gasteiger partial charge on any atom is 0.257 e. The highest BCUT2D eigenvalue weighted by atomic mass is 16.5. The fourth-order valence-corrected chi connectivity index (χ4v) is 3.49. The number of carbonyl (C=O) groups is 2. The molecular formula is C16H20N2O3. The van der Waals surface area contributed by atoms with Crippen molar-refractivity contribution in [1.29, 1.82) is 0 Å². The number of nitrogens with two attached hydrogens (primary N) is 1. The molecule has 2 aliphatic rings. The molecule has 1 saturated carbocycles. The number of nitrogens with zero attached hydrogens (tertiary/aromatic N) is 1. The first-order valence-electron chi connectivity index (χ1n) is 7.44. The predicted molar refractivity (Wildman–Crippen MR) is 77.9 cm³/mol. The van der Waals surface area contributed by atoms with Gasteiger partial charge in [0.05, 0.1) is 5.56 Å². The van der Waals surface area contributed by atoms with Crippen LogP contribution in [0.3, 0.4) is 0 Å². The minimum atomic E-state index is -0.548. The van der Waals surface area contributed by atoms with Gasteiger partial charge in [-0.3, -0.25) is 9.59 Å². The van der Waals surface area contributed by atoms with Crippen molar-refractivity contribution in [2.75, 3.05) is 19.7 Å². The highest BCUT2D eigenvalue weighted by Crippen LogP contribution is 2.38. The van der Waals surface area contributed by atoms with Crippen LogP contribution in [0, 0.1) is 11.8 Å². The summed E-state index contributed by atoms with van der Waals surface area (Å²) in [5, 5.41) is 0. The molecule has 2 unspecified atom stereocenters. The second kappa shape index (κ2) is 5.76. The van der Waals surface area contributed by atoms with Crippen LogP contribution in [0.4, 0.5) is 0 Å². The number of carbonyl (C=O) groups excluding carboxylic acids is 2. The maximum atomic E-state index is 12.7. The molecule has 1 saturated heterocycles. The summed E-state index contributed by atoms with van der Waals surface area (Å²) in [5.74, 6) is 1.19. The third kappa shape index (κ3) is 2.86. The van der Waals surface area contributed by atoms with E-state index in [1.54, 1.807) is 24.3 Å². The van der Waals surface area contributed by atoms with Gasteiger partial charge in [0, 0.05) is 13.1 Å². The van der Waals surface area contributed by atoms with Gasteiger partial charge in [-0.2, -0.15) is 0 Å². The standard InChI is InChI=1S/C16H20N2O3/c17-15(19)10-21-14-7-2-1-6-13(14)16(20)18-8-11-4-3-5-12(11)9-18/h1-2,6-7,11-12H,3-5,8-10H2,(H2,17,19). The summed E-state index contributed by atoms with van der Waals surface area (Å²) in [5.41, 5.74) is 5.60. The second-order valence-electron chi connectivity index (χ2n) is 5.91. The average Bonchev–Trinajstić information content (AvgIpc) is 3.05. The zero-order valence-electron chi connectivity index (χ0n) is 12.0. The minimum absolute atomic E-state index is 0.00975. The van der Waals surface area contributed by atoms with Crippen molar-refractivity contribution >= 4 is 11.8 Å². The van der Waals surface area contributed by atoms with Gasteiger partial charge in [0.2, 0.25) is 0 Å². The quantitative estimate of drug-likeness (QED) is 0.910. The van der Waals surface area contributed by atoms with Crippen molar-refractivity contribution in [2.45, 2.75) is 19.3 Å². The zero-order chi connectivity index (χ0) is 14.8. The Morgan fingerprint density at radius 2 is 1.86 bits per heavy atom. The molecule has 0 bridgehead atoms. The molecule has 5 heteroatoms. The van der Waals surface area contributed by atoms with Crippen LogP contribution in [-0.4, -0.2) is 36.4 Å². The molecule has 2 fully saturated rings. The molecule has 0 aromatic heterocycles. The number of hydrogen-bond donors (Lipinski definition) is 1. The van der Waals surface area contributed by atoms with Crippen molar-refractivity contribution in [3.8, 4) is 5.75 Å². The van der Waals surface area contributed by atoms with Gasteiger partial charge in [0.15, 0.2) is 6.61 Å². The van der Waals surface area contributed by atoms with E-state index in [-0.39, 0.29) is 12.5 Å². The van der Waals surface area contributed by atoms with E-state index in [0.29, 0.717) is 23.1 Å². The minimum Gasteiger partial charge on any atom is -0.483 e. The van der Waals surface area contributed by atoms with Crippen LogP contribution in [0.1, 0.15) is 29.6 Å². The van der Waals surface area contributed by atoms with E-state index < -0.39 is 5.91 Å². The Bertz CT molecular complexity index is 546. The maximum absolute atomic E-state index is 12.7. The van der Waals surface area contributed by atoms with E-state index in [1.165, 1.54) is 19.3 Å². The lowest BCUT2D eigenvalue weighted by molar-refractivity contribution is -0.119. The van der Waals surface area contributed by atoms with Crippen molar-refractivity contribution < 1.29 is 14.3 Å². The predicted octanol–water partition coefficient (Wildman–Crippen LogP) is 1.42. The monoisotopic (exact) mass is 288 g/mol. The van der Waals surface area contributed by atoms with E-state index >= 15 is 0 Å². The summed E-state index contributed by atoms with van der Waals surface area (Å²) < 4.78 is 5.35. The summed E-state index contributed by atoms with van der Waals surface area (Å²) in [6.45, 7) is 1.47. The fourth-order valence-electron chi connectivity index (χ4n) is 3.49. The number of para-hydroxylation sites is 1. The summed E-state index contributed by atoms with van der Waals surface area (Å²) in [6, 6.07) is 7.03. The van der Waals surface area contributed by atoms with E-state index in [9.17, 15) is 9.59 Å². The number of fused-ring (bicyclic) bond motifs is 1. The normalized spacial score (nSPS) is 23.9. The highest BCUT2D eigenvalue weighted by Gasteiger charge is 2.38. The Hall–Kier alpha value is -2.04. The number of likely N-dealkylation sites (tertiary alicyclic amines) is 1. The van der Waals surface area contributed by atoms with Crippen LogP contribution in [0.15, 0.2) is 24.3 Å². The molecule has 0 radical (unpaired) electrons. The molecule has 1 heterocycles. The third-order valence-corrected chi connectivity index (χ3v) is 4.50. The second-order valence-corrected chi connectivity index (χ2v) is 5.91. The van der Waals surface area contributed by atoms with Crippen LogP contribution in [0.5, 0.6) is 5.75 Å². The first-order chi connectivity index (χ1) is 10.1. The SMILES string of the molecule is NC(=O)COc1ccccc1C(=O)N1CC2CCCC2C1. The number of benzene rings is 1. The van der Waals surface area contributed by atoms with Gasteiger partial charge >= 0.3 is 0 Å². The van der Waals surface area contributed by atoms with E-state index in [2.05, 4.69) is 0 Å². The van der Waals surface area contributed by atoms with Gasteiger partial charge in [-0.1, -0.05) is 18.6 Å². The van der Waals surface area contributed by atoms with Crippen LogP contribution in [-0.2, 0) is 4.79 Å². The van der Waals surface area contributed by atoms with Crippen molar-refractivity contribution in [3.05, 3.63) is 29.8 Å². The smallest absolute Gasteiger partial charge is 0.257 e. The Kier molecular flexibility index (Phi) is 3.82. The molecule has 112 valence electrons. The van der Waals surface area contributed by atoms with E-state index in [1.807, 2.05) is 4.90 Å². The summed E-state index contributed by atoms with van der Waals surface area (Å²) in [6.07, 6.45) is 3.75. The van der Waals surface area contributed by atoms with Crippen molar-refractivity contribution in [2.24, 2.45) is 17.6 Å². The van der Waals surface area contributed by atoms with Crippen LogP contribution < -0.4 is 10.5 Å². The summed E-state index contributed by atoms with van der Waals surface area (Å²) in [7, 11) is 0. The molecule has 3 rings (SSSR count). The van der Waals surface area contributed by atoms with Crippen LogP contribution in [0.25, 0.3) is 0 Å². The molecule has 2 amide bonds. The average molecular weight is 288 g/mol. The molecule has 21 heavy (non-hydrogen) atoms. The molecule has 1 aliphatic heterocycles. The largest absolute Gasteiger partial charge is 0.483 e. The Morgan fingerprint density at radius 1 is 1.19 bits per heavy atom. The molecule has 1 aromatic rings. The lowest BCUT2D eigenvalue weighted by atomic mass is 10.0. The Labute approximate surface area is 124 Å². The van der Waals surface area contributed by atoms with E-state index in [0.717, 1.165) is 13.1 Å². The lowest BCUT2D eigenvalue weighted by Gasteiger charge is -2.19. The zero-order valence-corrected chi connectivity index (χ0v) is 12.0. The molecule has 5 nitrogen and oxygen atoms in total. The number of amides is 2. The molecule has 1 aliphatic carbocycles. The molecular weight excluding hydrogens is 268 g/mol. The van der Waals surface area contributed by atoms with Gasteiger partial charge < -0.3 is 15.4 Å². The van der Waals surface area contributed by atoms with Crippen LogP contribution in [0.2, 0.25) is 0 Å². The third-order valence-electron chi connectivity index (χ3n) is 4.50. The molecule has 1 aromatic carbocycles.